The van der Waals surface area contributed by atoms with Crippen molar-refractivity contribution < 1.29 is 19.1 Å². The zero-order valence-corrected chi connectivity index (χ0v) is 18.3. The molecule has 0 aromatic rings. The van der Waals surface area contributed by atoms with Gasteiger partial charge in [0.05, 0.1) is 0 Å². The number of aliphatic hydroxyl groups excluding tert-OH is 2. The van der Waals surface area contributed by atoms with Crippen LogP contribution in [0.3, 0.4) is 0 Å². The van der Waals surface area contributed by atoms with Crippen LogP contribution in [0.2, 0.25) is 25.7 Å². The molecule has 2 N–H and O–H groups in total. The molecule has 0 amide bonds. The highest BCUT2D eigenvalue weighted by molar-refractivity contribution is 6.33. The first-order valence-corrected chi connectivity index (χ1v) is 13.8. The predicted octanol–water partition coefficient (Wildman–Crippen LogP) is 0.312. The van der Waals surface area contributed by atoms with Gasteiger partial charge in [0.2, 0.25) is 0 Å². The summed E-state index contributed by atoms with van der Waals surface area (Å²) in [5, 5.41) is 16.3. The molecule has 0 radical (unpaired) electrons. The number of unbranched alkanes of at least 4 members (excludes halogenated alkanes) is 1. The van der Waals surface area contributed by atoms with Crippen molar-refractivity contribution in [1.29, 1.82) is 0 Å². The van der Waals surface area contributed by atoms with Crippen molar-refractivity contribution in [2.45, 2.75) is 51.9 Å². The second kappa shape index (κ2) is 42.8. The van der Waals surface area contributed by atoms with Gasteiger partial charge >= 0.3 is 0 Å². The first-order valence-electron chi connectivity index (χ1n) is 7.35. The number of aliphatic hydroxyl groups is 2. The Morgan fingerprint density at radius 1 is 0.842 bits per heavy atom. The Morgan fingerprint density at radius 2 is 1.21 bits per heavy atom. The van der Waals surface area contributed by atoms with E-state index in [2.05, 4.69) is 35.4 Å². The van der Waals surface area contributed by atoms with E-state index in [-0.39, 0.29) is 29.0 Å². The highest BCUT2D eigenvalue weighted by Gasteiger charge is 1.77. The summed E-state index contributed by atoms with van der Waals surface area (Å²) in [4.78, 5) is 0. The van der Waals surface area contributed by atoms with Crippen molar-refractivity contribution in [2.75, 3.05) is 27.4 Å². The quantitative estimate of drug-likeness (QED) is 0.521. The van der Waals surface area contributed by atoms with E-state index in [4.69, 9.17) is 10.2 Å². The number of hydrogen-bond donors (Lipinski definition) is 2. The zero-order chi connectivity index (χ0) is 15.8. The average molecular weight is 331 g/mol. The third-order valence-electron chi connectivity index (χ3n) is 1.85. The molecule has 0 heterocycles. The fourth-order valence-corrected chi connectivity index (χ4v) is 1.24. The van der Waals surface area contributed by atoms with Crippen LogP contribution in [0.1, 0.15) is 26.2 Å². The molecule has 0 aliphatic carbocycles. The maximum absolute atomic E-state index is 8.22. The Balaban J connectivity index is -0.0000000803. The van der Waals surface area contributed by atoms with Gasteiger partial charge in [-0.2, -0.15) is 0 Å². The lowest BCUT2D eigenvalue weighted by Crippen LogP contribution is -1.84. The summed E-state index contributed by atoms with van der Waals surface area (Å²) < 4.78 is 9.36. The van der Waals surface area contributed by atoms with Crippen molar-refractivity contribution in [3.8, 4) is 0 Å². The minimum Gasteiger partial charge on any atom is -0.427 e. The maximum Gasteiger partial charge on any atom is 0.157 e. The van der Waals surface area contributed by atoms with Crippen LogP contribution in [0.4, 0.5) is 0 Å². The average Bonchev–Trinajstić information content (AvgIpc) is 2.47. The van der Waals surface area contributed by atoms with Gasteiger partial charge in [-0.15, -0.1) is 0 Å². The van der Waals surface area contributed by atoms with Gasteiger partial charge < -0.3 is 19.1 Å². The lowest BCUT2D eigenvalue weighted by atomic mass is 10.4. The molecule has 0 aromatic heterocycles. The molecular weight excluding hydrogens is 292 g/mol. The van der Waals surface area contributed by atoms with Gasteiger partial charge in [-0.1, -0.05) is 39.0 Å². The molecule has 19 heavy (non-hydrogen) atoms. The van der Waals surface area contributed by atoms with E-state index in [1.165, 1.54) is 6.04 Å². The molecule has 0 aliphatic rings. The maximum atomic E-state index is 8.22. The Labute approximate surface area is 128 Å². The lowest BCUT2D eigenvalue weighted by molar-refractivity contribution is 0.287. The summed E-state index contributed by atoms with van der Waals surface area (Å²) in [6.07, 6.45) is 3.07. The van der Waals surface area contributed by atoms with Crippen molar-refractivity contribution in [1.82, 2.24) is 0 Å². The van der Waals surface area contributed by atoms with Crippen LogP contribution in [-0.2, 0) is 8.85 Å². The van der Waals surface area contributed by atoms with Crippen LogP contribution in [0, 0.1) is 0 Å². The molecular formula is C12H38O4Si3. The molecule has 0 saturated carbocycles. The second-order valence-electron chi connectivity index (χ2n) is 3.66. The standard InChI is InChI=1S/C4H12OSi.C4H10O.2C2H8OSi/c1-6-4-2-3-5;1-2-3-4-5;2*1-3-4-2/h5H,2-4,6H2,1H3;5H,2-4H2,1H3;2*4H2,1-2H3. The molecule has 0 spiro atoms. The van der Waals surface area contributed by atoms with Crippen molar-refractivity contribution in [3.05, 3.63) is 0 Å². The summed E-state index contributed by atoms with van der Waals surface area (Å²) in [6.45, 7) is 9.24. The van der Waals surface area contributed by atoms with Crippen molar-refractivity contribution >= 4 is 29.0 Å². The SMILES string of the molecule is CCCCO.CO[SiH2]C.CO[SiH2]C.C[SiH2]CCCO. The second-order valence-corrected chi connectivity index (χ2v) is 7.68. The molecule has 0 bridgehead atoms. The summed E-state index contributed by atoms with van der Waals surface area (Å²) in [6, 6.07) is 1.30. The van der Waals surface area contributed by atoms with Gasteiger partial charge in [-0.05, 0) is 12.8 Å². The first-order chi connectivity index (χ1) is 9.16. The third-order valence-corrected chi connectivity index (χ3v) is 4.21. The van der Waals surface area contributed by atoms with Crippen molar-refractivity contribution in [2.24, 2.45) is 0 Å². The third kappa shape index (κ3) is 89.6. The molecule has 0 aromatic carbocycles. The van der Waals surface area contributed by atoms with Gasteiger partial charge in [0.1, 0.15) is 0 Å². The van der Waals surface area contributed by atoms with Gasteiger partial charge in [0.15, 0.2) is 19.5 Å². The van der Waals surface area contributed by atoms with Crippen LogP contribution >= 0.6 is 0 Å². The minimum atomic E-state index is -0.0756. The van der Waals surface area contributed by atoms with E-state index in [1.54, 1.807) is 14.2 Å². The monoisotopic (exact) mass is 330 g/mol. The highest BCUT2D eigenvalue weighted by Crippen LogP contribution is 1.82. The van der Waals surface area contributed by atoms with Gasteiger partial charge in [0, 0.05) is 37.0 Å². The van der Waals surface area contributed by atoms with Crippen LogP contribution in [0.5, 0.6) is 0 Å². The van der Waals surface area contributed by atoms with Gasteiger partial charge in [0.25, 0.3) is 0 Å². The highest BCUT2D eigenvalue weighted by atomic mass is 28.2. The van der Waals surface area contributed by atoms with Crippen molar-refractivity contribution in [3.63, 3.8) is 0 Å². The molecule has 0 rings (SSSR count). The molecule has 0 unspecified atom stereocenters. The van der Waals surface area contributed by atoms with E-state index < -0.39 is 0 Å². The fraction of sp³-hybridized carbons (Fsp3) is 1.00. The minimum absolute atomic E-state index is 0.0756. The Hall–Kier alpha value is 0.491. The molecule has 0 aliphatic heterocycles. The Bertz CT molecular complexity index is 87.0. The molecule has 0 fully saturated rings. The molecule has 0 saturated heterocycles. The Kier molecular flexibility index (Phi) is 62.6. The molecule has 4 nitrogen and oxygen atoms in total. The van der Waals surface area contributed by atoms with E-state index in [0.717, 1.165) is 19.3 Å². The summed E-state index contributed by atoms with van der Waals surface area (Å²) in [5.74, 6) is 0. The largest absolute Gasteiger partial charge is 0.427 e. The lowest BCUT2D eigenvalue weighted by Gasteiger charge is -1.85. The predicted molar refractivity (Wildman–Crippen MR) is 95.7 cm³/mol. The Morgan fingerprint density at radius 3 is 1.26 bits per heavy atom. The first kappa shape index (κ1) is 27.8. The topological polar surface area (TPSA) is 58.9 Å². The number of hydrogen-bond acceptors (Lipinski definition) is 4. The molecule has 7 heteroatoms. The zero-order valence-electron chi connectivity index (χ0n) is 14.1. The number of rotatable bonds is 7. The van der Waals surface area contributed by atoms with Crippen LogP contribution in [0.15, 0.2) is 0 Å². The fourth-order valence-electron chi connectivity index (χ4n) is 0.520. The van der Waals surface area contributed by atoms with E-state index in [9.17, 15) is 0 Å². The van der Waals surface area contributed by atoms with E-state index in [0.29, 0.717) is 13.2 Å². The van der Waals surface area contributed by atoms with Crippen LogP contribution in [0.25, 0.3) is 0 Å². The van der Waals surface area contributed by atoms with Gasteiger partial charge in [-0.25, -0.2) is 0 Å². The van der Waals surface area contributed by atoms with E-state index in [1.807, 2.05) is 0 Å². The summed E-state index contributed by atoms with van der Waals surface area (Å²) in [7, 11) is 3.58. The summed E-state index contributed by atoms with van der Waals surface area (Å²) >= 11 is 0. The van der Waals surface area contributed by atoms with Gasteiger partial charge in [-0.3, -0.25) is 0 Å². The smallest absolute Gasteiger partial charge is 0.157 e. The normalized spacial score (nSPS) is 10.1. The van der Waals surface area contributed by atoms with Crippen LogP contribution < -0.4 is 0 Å². The molecule has 122 valence electrons. The van der Waals surface area contributed by atoms with E-state index >= 15 is 0 Å². The van der Waals surface area contributed by atoms with Crippen LogP contribution in [-0.4, -0.2) is 66.7 Å². The summed E-state index contributed by atoms with van der Waals surface area (Å²) in [5.41, 5.74) is 0. The molecule has 0 atom stereocenters.